The van der Waals surface area contributed by atoms with E-state index in [0.717, 1.165) is 5.75 Å². The number of methoxy groups -OCH3 is 1. The normalized spacial score (nSPS) is 10.6. The fraction of sp³-hybridized carbons (Fsp3) is 0.0323. The van der Waals surface area contributed by atoms with Crippen molar-refractivity contribution in [2.75, 3.05) is 7.11 Å². The van der Waals surface area contributed by atoms with Crippen LogP contribution in [0.15, 0.2) is 146 Å². The number of hydrogen-bond acceptors (Lipinski definition) is 2. The molecule has 0 spiro atoms. The summed E-state index contributed by atoms with van der Waals surface area (Å²) in [5.41, 5.74) is 0. The molecule has 2 nitrogen and oxygen atoms in total. The van der Waals surface area contributed by atoms with E-state index in [1.165, 1.54) is 33.4 Å². The summed E-state index contributed by atoms with van der Waals surface area (Å²) < 4.78 is 5.84. The lowest BCUT2D eigenvalue weighted by Crippen LogP contribution is -2.39. The number of para-hydroxylation sites is 2. The molecule has 5 rings (SSSR count). The van der Waals surface area contributed by atoms with E-state index in [1.54, 1.807) is 19.2 Å². The summed E-state index contributed by atoms with van der Waals surface area (Å²) in [7, 11) is -0.326. The average molecular weight is 463 g/mol. The van der Waals surface area contributed by atoms with Gasteiger partial charge in [-0.15, -0.1) is 5.75 Å². The first-order valence-corrected chi connectivity index (χ1v) is 13.0. The van der Waals surface area contributed by atoms with Crippen molar-refractivity contribution in [3.63, 3.8) is 0 Å². The fourth-order valence-corrected chi connectivity index (χ4v) is 8.54. The molecule has 0 aliphatic rings. The van der Waals surface area contributed by atoms with Crippen LogP contribution in [0.25, 0.3) is 0 Å². The molecule has 0 unspecified atom stereocenters. The Labute approximate surface area is 202 Å². The van der Waals surface area contributed by atoms with Crippen LogP contribution in [0.1, 0.15) is 0 Å². The summed E-state index contributed by atoms with van der Waals surface area (Å²) in [4.78, 5) is 0. The van der Waals surface area contributed by atoms with Crippen molar-refractivity contribution >= 4 is 28.5 Å². The minimum absolute atomic E-state index is 0.0718. The Morgan fingerprint density at radius 1 is 0.471 bits per heavy atom. The summed E-state index contributed by atoms with van der Waals surface area (Å²) in [5.74, 6) is 1.00. The average Bonchev–Trinajstić information content (AvgIpc) is 2.92. The first-order valence-electron chi connectivity index (χ1n) is 11.2. The van der Waals surface area contributed by atoms with E-state index in [9.17, 15) is 5.11 Å². The largest absolute Gasteiger partial charge is 0.872 e. The number of rotatable bonds is 5. The van der Waals surface area contributed by atoms with Gasteiger partial charge in [0, 0.05) is 0 Å². The molecule has 0 bridgehead atoms. The van der Waals surface area contributed by atoms with Gasteiger partial charge in [-0.1, -0.05) is 97.1 Å². The standard InChI is InChI=1S/C25H22OP.C6H6O/c1-26-24-19-11-12-20-25(24)27(21-13-5-2-6-14-21,22-15-7-3-8-16-22)23-17-9-4-10-18-23;7-6-4-2-1-3-5-6/h2-20H,1H3;1-5,7H/q+1;/p-1. The molecular weight excluding hydrogens is 435 g/mol. The molecule has 0 saturated carbocycles. The van der Waals surface area contributed by atoms with Gasteiger partial charge >= 0.3 is 0 Å². The van der Waals surface area contributed by atoms with E-state index in [1.807, 2.05) is 12.1 Å². The van der Waals surface area contributed by atoms with Crippen molar-refractivity contribution < 1.29 is 9.84 Å². The van der Waals surface area contributed by atoms with Gasteiger partial charge in [-0.25, -0.2) is 0 Å². The zero-order chi connectivity index (χ0) is 23.6. The van der Waals surface area contributed by atoms with Gasteiger partial charge in [-0.2, -0.15) is 0 Å². The highest BCUT2D eigenvalue weighted by atomic mass is 31.2. The van der Waals surface area contributed by atoms with Crippen molar-refractivity contribution in [1.82, 2.24) is 0 Å². The molecule has 0 aromatic heterocycles. The van der Waals surface area contributed by atoms with Crippen molar-refractivity contribution in [2.24, 2.45) is 0 Å². The molecule has 0 amide bonds. The second-order valence-corrected chi connectivity index (χ2v) is 11.0. The monoisotopic (exact) mass is 462 g/mol. The summed E-state index contributed by atoms with van der Waals surface area (Å²) in [6.45, 7) is 0. The van der Waals surface area contributed by atoms with Crippen LogP contribution in [0.2, 0.25) is 0 Å². The first kappa shape index (κ1) is 23.3. The second kappa shape index (κ2) is 11.3. The minimum atomic E-state index is -2.08. The lowest BCUT2D eigenvalue weighted by atomic mass is 10.3. The Bertz CT molecular complexity index is 1180. The molecule has 0 saturated heterocycles. The Morgan fingerprint density at radius 2 is 0.824 bits per heavy atom. The molecule has 5 aromatic carbocycles. The highest BCUT2D eigenvalue weighted by molar-refractivity contribution is 8.01. The molecule has 0 atom stereocenters. The van der Waals surface area contributed by atoms with E-state index >= 15 is 0 Å². The maximum Gasteiger partial charge on any atom is 0.162 e. The molecule has 0 N–H and O–H groups in total. The molecule has 0 heterocycles. The van der Waals surface area contributed by atoms with Gasteiger partial charge in [0.1, 0.15) is 23.2 Å². The maximum absolute atomic E-state index is 10.3. The second-order valence-electron chi connectivity index (χ2n) is 7.66. The third kappa shape index (κ3) is 4.88. The van der Waals surface area contributed by atoms with Gasteiger partial charge in [0.2, 0.25) is 0 Å². The summed E-state index contributed by atoms with van der Waals surface area (Å²) in [6.07, 6.45) is 0. The van der Waals surface area contributed by atoms with Crippen LogP contribution in [0, 0.1) is 0 Å². The van der Waals surface area contributed by atoms with Gasteiger partial charge < -0.3 is 9.84 Å². The Morgan fingerprint density at radius 3 is 1.18 bits per heavy atom. The van der Waals surface area contributed by atoms with Gasteiger partial charge in [0.05, 0.1) is 7.11 Å². The Hall–Kier alpha value is -3.87. The van der Waals surface area contributed by atoms with Crippen LogP contribution in [0.4, 0.5) is 0 Å². The third-order valence-electron chi connectivity index (χ3n) is 5.62. The van der Waals surface area contributed by atoms with Gasteiger partial charge in [0.25, 0.3) is 0 Å². The van der Waals surface area contributed by atoms with Crippen molar-refractivity contribution in [3.05, 3.63) is 146 Å². The van der Waals surface area contributed by atoms with Crippen molar-refractivity contribution in [1.29, 1.82) is 0 Å². The molecule has 0 radical (unpaired) electrons. The lowest BCUT2D eigenvalue weighted by molar-refractivity contribution is -0.268. The maximum atomic E-state index is 10.3. The van der Waals surface area contributed by atoms with Crippen molar-refractivity contribution in [3.8, 4) is 11.5 Å². The predicted molar refractivity (Wildman–Crippen MR) is 144 cm³/mol. The topological polar surface area (TPSA) is 32.3 Å². The quantitative estimate of drug-likeness (QED) is 0.342. The van der Waals surface area contributed by atoms with Gasteiger partial charge in [-0.3, -0.25) is 0 Å². The molecule has 0 aliphatic heterocycles. The van der Waals surface area contributed by atoms with E-state index < -0.39 is 7.26 Å². The third-order valence-corrected chi connectivity index (χ3v) is 9.93. The van der Waals surface area contributed by atoms with E-state index in [0.29, 0.717) is 0 Å². The van der Waals surface area contributed by atoms with E-state index in [4.69, 9.17) is 4.74 Å². The van der Waals surface area contributed by atoms with E-state index in [-0.39, 0.29) is 5.75 Å². The van der Waals surface area contributed by atoms with Crippen LogP contribution in [-0.2, 0) is 0 Å². The molecule has 3 heteroatoms. The highest BCUT2D eigenvalue weighted by Crippen LogP contribution is 2.55. The number of hydrogen-bond donors (Lipinski definition) is 0. The van der Waals surface area contributed by atoms with E-state index in [2.05, 4.69) is 109 Å². The van der Waals surface area contributed by atoms with Crippen LogP contribution < -0.4 is 31.1 Å². The lowest BCUT2D eigenvalue weighted by Gasteiger charge is -2.28. The van der Waals surface area contributed by atoms with Gasteiger partial charge in [0.15, 0.2) is 11.1 Å². The zero-order valence-corrected chi connectivity index (χ0v) is 20.0. The Balaban J connectivity index is 0.000000336. The SMILES string of the molecule is COc1ccccc1[P+](c1ccccc1)(c1ccccc1)c1ccccc1.[O-]c1ccccc1. The summed E-state index contributed by atoms with van der Waals surface area (Å²) >= 11 is 0. The number of ether oxygens (including phenoxy) is 1. The molecular formula is C31H27O2P. The minimum Gasteiger partial charge on any atom is -0.872 e. The molecule has 168 valence electrons. The molecule has 0 aliphatic carbocycles. The molecule has 0 fully saturated rings. The zero-order valence-electron chi connectivity index (χ0n) is 19.1. The smallest absolute Gasteiger partial charge is 0.162 e. The molecule has 34 heavy (non-hydrogen) atoms. The van der Waals surface area contributed by atoms with Crippen LogP contribution in [-0.4, -0.2) is 7.11 Å². The fourth-order valence-electron chi connectivity index (χ4n) is 4.15. The van der Waals surface area contributed by atoms with Crippen LogP contribution in [0.5, 0.6) is 11.5 Å². The van der Waals surface area contributed by atoms with Crippen molar-refractivity contribution in [2.45, 2.75) is 0 Å². The highest BCUT2D eigenvalue weighted by Gasteiger charge is 2.49. The van der Waals surface area contributed by atoms with Crippen LogP contribution >= 0.6 is 7.26 Å². The molecule has 5 aromatic rings. The predicted octanol–water partition coefficient (Wildman–Crippen LogP) is 5.07. The van der Waals surface area contributed by atoms with Crippen LogP contribution in [0.3, 0.4) is 0 Å². The van der Waals surface area contributed by atoms with Gasteiger partial charge in [-0.05, 0) is 48.5 Å². The summed E-state index contributed by atoms with van der Waals surface area (Å²) in [5, 5.41) is 15.5. The Kier molecular flexibility index (Phi) is 7.75. The number of benzene rings is 5. The first-order chi connectivity index (χ1) is 16.8. The summed E-state index contributed by atoms with van der Waals surface area (Å²) in [6, 6.07) is 49.3.